The predicted molar refractivity (Wildman–Crippen MR) is 161 cm³/mol. The molecule has 7 nitrogen and oxygen atoms in total. The minimum atomic E-state index is -0.828. The number of benzene rings is 2. The highest BCUT2D eigenvalue weighted by atomic mass is 79.9. The van der Waals surface area contributed by atoms with Crippen molar-refractivity contribution in [3.8, 4) is 11.1 Å². The number of nitrogens with one attached hydrogen (secondary N) is 2. The van der Waals surface area contributed by atoms with Crippen LogP contribution in [0.25, 0.3) is 11.1 Å². The minimum absolute atomic E-state index is 0.0580. The fourth-order valence-electron chi connectivity index (χ4n) is 3.35. The third-order valence-corrected chi connectivity index (χ3v) is 6.08. The first kappa shape index (κ1) is 31.8. The zero-order valence-electron chi connectivity index (χ0n) is 23.7. The van der Waals surface area contributed by atoms with E-state index in [0.717, 1.165) is 22.3 Å². The molecule has 38 heavy (non-hydrogen) atoms. The Morgan fingerprint density at radius 3 is 1.92 bits per heavy atom. The number of hydrogen-bond acceptors (Lipinski definition) is 4. The zero-order valence-corrected chi connectivity index (χ0v) is 26.8. The maximum Gasteiger partial charge on any atom is 0.437 e. The molecular weight excluding hydrogens is 614 g/mol. The molecule has 2 rings (SSSR count). The third kappa shape index (κ3) is 11.2. The van der Waals surface area contributed by atoms with E-state index in [0.29, 0.717) is 0 Å². The Balaban J connectivity index is 2.35. The lowest BCUT2D eigenvalue weighted by Gasteiger charge is -2.21. The molecule has 0 aliphatic rings. The van der Waals surface area contributed by atoms with Crippen molar-refractivity contribution in [2.24, 2.45) is 4.99 Å². The van der Waals surface area contributed by atoms with Gasteiger partial charge in [0.05, 0.1) is 3.74 Å². The molecule has 9 heteroatoms. The molecule has 0 unspecified atom stereocenters. The van der Waals surface area contributed by atoms with Gasteiger partial charge in [-0.1, -0.05) is 83.0 Å². The summed E-state index contributed by atoms with van der Waals surface area (Å²) in [5.41, 5.74) is 3.93. The molecule has 0 radical (unpaired) electrons. The Bertz CT molecular complexity index is 1160. The van der Waals surface area contributed by atoms with E-state index >= 15 is 0 Å². The lowest BCUT2D eigenvalue weighted by Crippen LogP contribution is -2.44. The summed E-state index contributed by atoms with van der Waals surface area (Å²) in [6.45, 7) is 17.3. The molecule has 0 saturated carbocycles. The molecule has 0 heterocycles. The topological polar surface area (TPSA) is 89.0 Å². The number of guanidine groups is 1. The monoisotopic (exact) mass is 651 g/mol. The minimum Gasteiger partial charge on any atom is -0.444 e. The van der Waals surface area contributed by atoms with Crippen LogP contribution in [0.15, 0.2) is 47.5 Å². The highest BCUT2D eigenvalue weighted by Crippen LogP contribution is 2.34. The molecule has 0 saturated heterocycles. The number of carbonyl (C=O) groups is 2. The van der Waals surface area contributed by atoms with Crippen LogP contribution in [-0.4, -0.2) is 29.3 Å². The second kappa shape index (κ2) is 12.6. The van der Waals surface area contributed by atoms with Crippen molar-refractivity contribution in [3.63, 3.8) is 0 Å². The first-order chi connectivity index (χ1) is 17.3. The summed E-state index contributed by atoms with van der Waals surface area (Å²) in [5.74, 6) is -0.0655. The van der Waals surface area contributed by atoms with E-state index in [9.17, 15) is 9.59 Å². The Kier molecular flexibility index (Phi) is 10.6. The van der Waals surface area contributed by atoms with Gasteiger partial charge in [-0.05, 0) is 86.9 Å². The summed E-state index contributed by atoms with van der Waals surface area (Å²) < 4.78 is 10.6. The van der Waals surface area contributed by atoms with Gasteiger partial charge >= 0.3 is 12.2 Å². The number of alkyl carbamates (subject to hydrolysis) is 1. The second-order valence-corrected chi connectivity index (χ2v) is 15.1. The van der Waals surface area contributed by atoms with Gasteiger partial charge in [0.15, 0.2) is 0 Å². The summed E-state index contributed by atoms with van der Waals surface area (Å²) in [6.07, 6.45) is -1.56. The number of hydrogen-bond donors (Lipinski definition) is 2. The second-order valence-electron chi connectivity index (χ2n) is 12.0. The molecule has 0 aliphatic heterocycles. The standard InChI is InChI=1S/C29H39Br2N3O4/c1-27(2,3)22-12-10-19(11-13-22)20-14-18(15-21(16-20)23(30)31)17-32-24(33-25(35)37-28(4,5)6)34-26(36)38-29(7,8)9/h10-16,23H,17H2,1-9H3,(H2,32,33,34,35,36). The van der Waals surface area contributed by atoms with Gasteiger partial charge in [-0.3, -0.25) is 5.32 Å². The van der Waals surface area contributed by atoms with Gasteiger partial charge < -0.3 is 14.8 Å². The average Bonchev–Trinajstić information content (AvgIpc) is 2.74. The first-order valence-corrected chi connectivity index (χ1v) is 14.2. The van der Waals surface area contributed by atoms with Crippen LogP contribution in [0, 0.1) is 0 Å². The molecule has 0 bridgehead atoms. The highest BCUT2D eigenvalue weighted by molar-refractivity contribution is 9.24. The third-order valence-electron chi connectivity index (χ3n) is 5.03. The SMILES string of the molecule is CC(C)(C)OC(=O)/N=C(/NCc1cc(-c2ccc(C(C)(C)C)cc2)cc(C(Br)Br)c1)NC(=O)OC(C)(C)C. The van der Waals surface area contributed by atoms with Crippen LogP contribution < -0.4 is 10.6 Å². The fourth-order valence-corrected chi connectivity index (χ4v) is 3.88. The normalized spacial score (nSPS) is 12.8. The van der Waals surface area contributed by atoms with Crippen LogP contribution in [0.1, 0.15) is 82.7 Å². The summed E-state index contributed by atoms with van der Waals surface area (Å²) in [5, 5.41) is 5.57. The molecule has 0 fully saturated rings. The summed E-state index contributed by atoms with van der Waals surface area (Å²) in [7, 11) is 0. The van der Waals surface area contributed by atoms with Gasteiger partial charge in [-0.25, -0.2) is 9.59 Å². The largest absolute Gasteiger partial charge is 0.444 e. The Hall–Kier alpha value is -2.39. The zero-order chi connectivity index (χ0) is 28.9. The van der Waals surface area contributed by atoms with Crippen molar-refractivity contribution < 1.29 is 19.1 Å². The van der Waals surface area contributed by atoms with Crippen molar-refractivity contribution in [1.82, 2.24) is 10.6 Å². The van der Waals surface area contributed by atoms with E-state index in [1.165, 1.54) is 5.56 Å². The van der Waals surface area contributed by atoms with Gasteiger partial charge in [0.25, 0.3) is 0 Å². The summed E-state index contributed by atoms with van der Waals surface area (Å²) >= 11 is 7.20. The van der Waals surface area contributed by atoms with Crippen LogP contribution in [0.4, 0.5) is 9.59 Å². The molecule has 2 aromatic carbocycles. The number of halogens is 2. The number of aliphatic imine (C=N–C) groups is 1. The molecule has 2 N–H and O–H groups in total. The maximum absolute atomic E-state index is 12.4. The van der Waals surface area contributed by atoms with E-state index in [2.05, 4.69) is 105 Å². The van der Waals surface area contributed by atoms with Gasteiger partial charge in [0, 0.05) is 6.54 Å². The Morgan fingerprint density at radius 2 is 1.42 bits per heavy atom. The van der Waals surface area contributed by atoms with E-state index in [4.69, 9.17) is 9.47 Å². The molecule has 0 spiro atoms. The van der Waals surface area contributed by atoms with Gasteiger partial charge in [-0.15, -0.1) is 4.99 Å². The average molecular weight is 653 g/mol. The van der Waals surface area contributed by atoms with Crippen LogP contribution in [0.2, 0.25) is 0 Å². The smallest absolute Gasteiger partial charge is 0.437 e. The Labute approximate surface area is 243 Å². The van der Waals surface area contributed by atoms with E-state index in [1.54, 1.807) is 41.5 Å². The molecule has 0 atom stereocenters. The quantitative estimate of drug-likeness (QED) is 0.197. The van der Waals surface area contributed by atoms with Crippen molar-refractivity contribution >= 4 is 50.0 Å². The van der Waals surface area contributed by atoms with E-state index in [1.807, 2.05) is 6.07 Å². The summed E-state index contributed by atoms with van der Waals surface area (Å²) in [6, 6.07) is 14.7. The maximum atomic E-state index is 12.4. The van der Waals surface area contributed by atoms with E-state index in [-0.39, 0.29) is 21.7 Å². The number of alkyl halides is 2. The van der Waals surface area contributed by atoms with Gasteiger partial charge in [-0.2, -0.15) is 0 Å². The Morgan fingerprint density at radius 1 is 0.842 bits per heavy atom. The molecule has 2 aromatic rings. The number of ether oxygens (including phenoxy) is 2. The molecule has 208 valence electrons. The first-order valence-electron chi connectivity index (χ1n) is 12.4. The lowest BCUT2D eigenvalue weighted by atomic mass is 9.86. The van der Waals surface area contributed by atoms with Crippen LogP contribution >= 0.6 is 31.9 Å². The van der Waals surface area contributed by atoms with Crippen LogP contribution in [-0.2, 0) is 21.4 Å². The molecule has 0 aliphatic carbocycles. The van der Waals surface area contributed by atoms with E-state index < -0.39 is 23.4 Å². The number of carbonyl (C=O) groups excluding carboxylic acids is 2. The summed E-state index contributed by atoms with van der Waals surface area (Å²) in [4.78, 5) is 28.7. The van der Waals surface area contributed by atoms with Crippen molar-refractivity contribution in [2.45, 2.75) is 89.2 Å². The predicted octanol–water partition coefficient (Wildman–Crippen LogP) is 8.34. The number of rotatable bonds is 4. The molecule has 0 aromatic heterocycles. The van der Waals surface area contributed by atoms with Gasteiger partial charge in [0.1, 0.15) is 11.2 Å². The van der Waals surface area contributed by atoms with Crippen LogP contribution in [0.3, 0.4) is 0 Å². The van der Waals surface area contributed by atoms with Crippen LogP contribution in [0.5, 0.6) is 0 Å². The number of nitrogens with zero attached hydrogens (tertiary/aromatic N) is 1. The fraction of sp³-hybridized carbons (Fsp3) is 0.483. The van der Waals surface area contributed by atoms with Crippen molar-refractivity contribution in [2.75, 3.05) is 0 Å². The molecular formula is C29H39Br2N3O4. The number of amides is 2. The lowest BCUT2D eigenvalue weighted by molar-refractivity contribution is 0.0560. The van der Waals surface area contributed by atoms with Gasteiger partial charge in [0.2, 0.25) is 5.96 Å². The van der Waals surface area contributed by atoms with Crippen molar-refractivity contribution in [3.05, 3.63) is 59.2 Å². The molecule has 2 amide bonds. The van der Waals surface area contributed by atoms with Crippen molar-refractivity contribution in [1.29, 1.82) is 0 Å². The highest BCUT2D eigenvalue weighted by Gasteiger charge is 2.21.